The van der Waals surface area contributed by atoms with Crippen LogP contribution in [0.15, 0.2) is 35.3 Å². The first-order valence-electron chi connectivity index (χ1n) is 7.90. The topological polar surface area (TPSA) is 71.4 Å². The van der Waals surface area contributed by atoms with Crippen LogP contribution in [-0.4, -0.2) is 27.8 Å². The van der Waals surface area contributed by atoms with Crippen molar-refractivity contribution >= 4 is 29.1 Å². The third-order valence-electron chi connectivity index (χ3n) is 4.23. The van der Waals surface area contributed by atoms with Crippen molar-refractivity contribution in [2.24, 2.45) is 7.05 Å². The monoisotopic (exact) mass is 359 g/mol. The van der Waals surface area contributed by atoms with Gasteiger partial charge in [-0.05, 0) is 35.7 Å². The fourth-order valence-corrected chi connectivity index (χ4v) is 3.21. The maximum atomic E-state index is 12.8. The summed E-state index contributed by atoms with van der Waals surface area (Å²) in [5, 5.41) is 2.93. The first-order valence-corrected chi connectivity index (χ1v) is 8.28. The molecular weight excluding hydrogens is 342 g/mol. The van der Waals surface area contributed by atoms with Crippen molar-refractivity contribution in [1.82, 2.24) is 9.47 Å². The van der Waals surface area contributed by atoms with E-state index >= 15 is 0 Å². The number of aromatic nitrogens is 1. The van der Waals surface area contributed by atoms with E-state index < -0.39 is 0 Å². The highest BCUT2D eigenvalue weighted by atomic mass is 35.5. The Bertz CT molecular complexity index is 920. The Hall–Kier alpha value is -2.60. The van der Waals surface area contributed by atoms with Gasteiger partial charge in [-0.2, -0.15) is 0 Å². The number of anilines is 1. The molecule has 0 bridgehead atoms. The van der Waals surface area contributed by atoms with E-state index in [-0.39, 0.29) is 17.4 Å². The number of carbonyl (C=O) groups is 2. The van der Waals surface area contributed by atoms with E-state index in [1.54, 1.807) is 42.4 Å². The van der Waals surface area contributed by atoms with Gasteiger partial charge in [0.05, 0.1) is 10.6 Å². The molecule has 7 heteroatoms. The largest absolute Gasteiger partial charge is 0.334 e. The molecule has 0 saturated heterocycles. The zero-order valence-corrected chi connectivity index (χ0v) is 14.8. The minimum Gasteiger partial charge on any atom is -0.334 e. The van der Waals surface area contributed by atoms with Crippen LogP contribution in [0.25, 0.3) is 0 Å². The lowest BCUT2D eigenvalue weighted by atomic mass is 10.0. The quantitative estimate of drug-likeness (QED) is 0.893. The standard InChI is InChI=1S/C18H18ClN3O3/c1-11(23)20-14-3-4-15(16(19)8-14)18(25)22-6-5-12-7-17(24)21(2)9-13(12)10-22/h3-4,7-9H,5-6,10H2,1-2H3,(H,20,23). The summed E-state index contributed by atoms with van der Waals surface area (Å²) in [7, 11) is 1.70. The van der Waals surface area contributed by atoms with Crippen LogP contribution in [0.5, 0.6) is 0 Å². The molecule has 130 valence electrons. The summed E-state index contributed by atoms with van der Waals surface area (Å²) >= 11 is 6.23. The molecule has 0 aliphatic carbocycles. The molecule has 0 saturated carbocycles. The second-order valence-corrected chi connectivity index (χ2v) is 6.53. The van der Waals surface area contributed by atoms with Gasteiger partial charge in [-0.1, -0.05) is 11.6 Å². The Labute approximate surface area is 150 Å². The van der Waals surface area contributed by atoms with Crippen molar-refractivity contribution in [2.45, 2.75) is 19.9 Å². The van der Waals surface area contributed by atoms with Crippen LogP contribution in [0.3, 0.4) is 0 Å². The van der Waals surface area contributed by atoms with Crippen LogP contribution in [0.2, 0.25) is 5.02 Å². The summed E-state index contributed by atoms with van der Waals surface area (Å²) in [6, 6.07) is 6.47. The highest BCUT2D eigenvalue weighted by molar-refractivity contribution is 6.34. The van der Waals surface area contributed by atoms with Crippen molar-refractivity contribution in [2.75, 3.05) is 11.9 Å². The van der Waals surface area contributed by atoms with E-state index in [0.29, 0.717) is 35.8 Å². The van der Waals surface area contributed by atoms with E-state index in [1.165, 1.54) is 11.5 Å². The first kappa shape index (κ1) is 17.2. The lowest BCUT2D eigenvalue weighted by Crippen LogP contribution is -2.37. The lowest BCUT2D eigenvalue weighted by molar-refractivity contribution is -0.114. The molecule has 0 unspecified atom stereocenters. The number of fused-ring (bicyclic) bond motifs is 1. The van der Waals surface area contributed by atoms with Crippen molar-refractivity contribution < 1.29 is 9.59 Å². The molecule has 1 aliphatic rings. The summed E-state index contributed by atoms with van der Waals surface area (Å²) in [5.41, 5.74) is 2.85. The number of nitrogens with zero attached hydrogens (tertiary/aromatic N) is 2. The lowest BCUT2D eigenvalue weighted by Gasteiger charge is -2.29. The minimum absolute atomic E-state index is 0.0462. The molecule has 0 atom stereocenters. The van der Waals surface area contributed by atoms with Gasteiger partial charge >= 0.3 is 0 Å². The van der Waals surface area contributed by atoms with Gasteiger partial charge in [-0.25, -0.2) is 0 Å². The molecule has 6 nitrogen and oxygen atoms in total. The minimum atomic E-state index is -0.201. The molecule has 25 heavy (non-hydrogen) atoms. The van der Waals surface area contributed by atoms with Crippen molar-refractivity contribution in [3.8, 4) is 0 Å². The maximum Gasteiger partial charge on any atom is 0.255 e. The van der Waals surface area contributed by atoms with Gasteiger partial charge < -0.3 is 14.8 Å². The molecule has 2 heterocycles. The van der Waals surface area contributed by atoms with Gasteiger partial charge in [0.1, 0.15) is 0 Å². The summed E-state index contributed by atoms with van der Waals surface area (Å²) in [4.78, 5) is 37.3. The molecule has 1 N–H and O–H groups in total. The van der Waals surface area contributed by atoms with Gasteiger partial charge in [0, 0.05) is 45.0 Å². The highest BCUT2D eigenvalue weighted by Crippen LogP contribution is 2.25. The molecule has 0 fully saturated rings. The number of rotatable bonds is 2. The van der Waals surface area contributed by atoms with Crippen LogP contribution in [0.1, 0.15) is 28.4 Å². The van der Waals surface area contributed by atoms with Crippen LogP contribution in [-0.2, 0) is 24.8 Å². The number of carbonyl (C=O) groups excluding carboxylic acids is 2. The number of hydrogen-bond donors (Lipinski definition) is 1. The Balaban J connectivity index is 1.83. The van der Waals surface area contributed by atoms with E-state index in [2.05, 4.69) is 5.32 Å². The van der Waals surface area contributed by atoms with E-state index in [9.17, 15) is 14.4 Å². The molecule has 3 rings (SSSR count). The highest BCUT2D eigenvalue weighted by Gasteiger charge is 2.24. The molecule has 0 radical (unpaired) electrons. The van der Waals surface area contributed by atoms with Crippen LogP contribution < -0.4 is 10.9 Å². The predicted octanol–water partition coefficient (Wildman–Crippen LogP) is 2.20. The average Bonchev–Trinajstić information content (AvgIpc) is 2.54. The molecule has 0 spiro atoms. The van der Waals surface area contributed by atoms with Crippen molar-refractivity contribution in [3.05, 3.63) is 62.5 Å². The molecule has 1 aromatic carbocycles. The smallest absolute Gasteiger partial charge is 0.255 e. The molecule has 1 aromatic heterocycles. The molecule has 2 amide bonds. The van der Waals surface area contributed by atoms with E-state index in [1.807, 2.05) is 0 Å². The fraction of sp³-hybridized carbons (Fsp3) is 0.278. The van der Waals surface area contributed by atoms with Crippen LogP contribution >= 0.6 is 11.6 Å². The number of amides is 2. The summed E-state index contributed by atoms with van der Waals surface area (Å²) in [5.74, 6) is -0.368. The van der Waals surface area contributed by atoms with Crippen LogP contribution in [0, 0.1) is 0 Å². The summed E-state index contributed by atoms with van der Waals surface area (Å²) in [6.07, 6.45) is 2.41. The SMILES string of the molecule is CC(=O)Nc1ccc(C(=O)N2CCc3cc(=O)n(C)cc3C2)c(Cl)c1. The van der Waals surface area contributed by atoms with Gasteiger partial charge in [0.25, 0.3) is 11.5 Å². The molecular formula is C18H18ClN3O3. The Morgan fingerprint density at radius 1 is 1.20 bits per heavy atom. The second kappa shape index (κ2) is 6.72. The molecule has 1 aliphatic heterocycles. The zero-order valence-electron chi connectivity index (χ0n) is 14.0. The molecule has 2 aromatic rings. The summed E-state index contributed by atoms with van der Waals surface area (Å²) in [6.45, 7) is 2.38. The Morgan fingerprint density at radius 2 is 1.96 bits per heavy atom. The number of pyridine rings is 1. The summed E-state index contributed by atoms with van der Waals surface area (Å²) < 4.78 is 1.52. The zero-order chi connectivity index (χ0) is 18.1. The fourth-order valence-electron chi connectivity index (χ4n) is 2.95. The third-order valence-corrected chi connectivity index (χ3v) is 4.54. The van der Waals surface area contributed by atoms with Gasteiger partial charge in [0.15, 0.2) is 0 Å². The van der Waals surface area contributed by atoms with Gasteiger partial charge in [0.2, 0.25) is 5.91 Å². The van der Waals surface area contributed by atoms with E-state index in [0.717, 1.165) is 11.1 Å². The predicted molar refractivity (Wildman–Crippen MR) is 95.9 cm³/mol. The number of aryl methyl sites for hydroxylation is 1. The van der Waals surface area contributed by atoms with Crippen molar-refractivity contribution in [1.29, 1.82) is 0 Å². The van der Waals surface area contributed by atoms with Crippen molar-refractivity contribution in [3.63, 3.8) is 0 Å². The number of hydrogen-bond acceptors (Lipinski definition) is 3. The number of nitrogens with one attached hydrogen (secondary N) is 1. The average molecular weight is 360 g/mol. The Kier molecular flexibility index (Phi) is 4.63. The normalized spacial score (nSPS) is 13.3. The Morgan fingerprint density at radius 3 is 2.64 bits per heavy atom. The van der Waals surface area contributed by atoms with Gasteiger partial charge in [-0.15, -0.1) is 0 Å². The first-order chi connectivity index (χ1) is 11.8. The maximum absolute atomic E-state index is 12.8. The van der Waals surface area contributed by atoms with Gasteiger partial charge in [-0.3, -0.25) is 14.4 Å². The third kappa shape index (κ3) is 3.58. The number of halogens is 1. The number of benzene rings is 1. The van der Waals surface area contributed by atoms with Crippen LogP contribution in [0.4, 0.5) is 5.69 Å². The second-order valence-electron chi connectivity index (χ2n) is 6.13. The van der Waals surface area contributed by atoms with E-state index in [4.69, 9.17) is 11.6 Å².